The maximum Gasteiger partial charge on any atom is 0.258 e. The number of sulfonamides is 1. The van der Waals surface area contributed by atoms with Crippen molar-refractivity contribution in [2.45, 2.75) is 32.0 Å². The van der Waals surface area contributed by atoms with Gasteiger partial charge in [-0.25, -0.2) is 23.1 Å². The zero-order valence-corrected chi connectivity index (χ0v) is 12.7. The highest BCUT2D eigenvalue weighted by Gasteiger charge is 2.20. The van der Waals surface area contributed by atoms with Crippen LogP contribution in [0.25, 0.3) is 0 Å². The van der Waals surface area contributed by atoms with Gasteiger partial charge in [0.1, 0.15) is 5.82 Å². The van der Waals surface area contributed by atoms with E-state index in [4.69, 9.17) is 0 Å². The predicted octanol–water partition coefficient (Wildman–Crippen LogP) is 0.0961. The molecule has 0 spiro atoms. The molecule has 0 unspecified atom stereocenters. The smallest absolute Gasteiger partial charge is 0.258 e. The Balaban J connectivity index is 2.10. The van der Waals surface area contributed by atoms with E-state index in [0.29, 0.717) is 23.6 Å². The van der Waals surface area contributed by atoms with Gasteiger partial charge in [-0.3, -0.25) is 5.10 Å². The summed E-state index contributed by atoms with van der Waals surface area (Å²) >= 11 is 0. The van der Waals surface area contributed by atoms with Gasteiger partial charge in [-0.05, 0) is 19.5 Å². The summed E-state index contributed by atoms with van der Waals surface area (Å²) in [5.41, 5.74) is 1.21. The lowest BCUT2D eigenvalue weighted by atomic mass is 10.3. The average Bonchev–Trinajstić information content (AvgIpc) is 2.92. The first-order valence-corrected chi connectivity index (χ1v) is 8.02. The van der Waals surface area contributed by atoms with Crippen molar-refractivity contribution >= 4 is 10.0 Å². The van der Waals surface area contributed by atoms with Crippen LogP contribution < -0.4 is 10.0 Å². The molecule has 0 aliphatic rings. The molecule has 2 aromatic heterocycles. The predicted molar refractivity (Wildman–Crippen MR) is 76.8 cm³/mol. The minimum Gasteiger partial charge on any atom is -0.313 e. The van der Waals surface area contributed by atoms with Crippen LogP contribution in [-0.2, 0) is 23.1 Å². The van der Waals surface area contributed by atoms with Crippen molar-refractivity contribution in [3.8, 4) is 0 Å². The second-order valence-electron chi connectivity index (χ2n) is 4.42. The fourth-order valence-electron chi connectivity index (χ4n) is 1.76. The molecule has 0 saturated heterocycles. The Labute approximate surface area is 123 Å². The van der Waals surface area contributed by atoms with E-state index in [0.717, 1.165) is 6.54 Å². The van der Waals surface area contributed by atoms with Crippen LogP contribution >= 0.6 is 0 Å². The topological polar surface area (TPSA) is 113 Å². The zero-order chi connectivity index (χ0) is 15.3. The molecule has 0 amide bonds. The van der Waals surface area contributed by atoms with E-state index in [1.54, 1.807) is 19.2 Å². The summed E-state index contributed by atoms with van der Waals surface area (Å²) in [5, 5.41) is 9.48. The number of hydrogen-bond donors (Lipinski definition) is 3. The fourth-order valence-corrected chi connectivity index (χ4v) is 2.89. The van der Waals surface area contributed by atoms with Gasteiger partial charge in [0.25, 0.3) is 10.0 Å². The molecule has 0 aromatic carbocycles. The van der Waals surface area contributed by atoms with Crippen LogP contribution in [0, 0.1) is 6.92 Å². The maximum atomic E-state index is 12.3. The minimum absolute atomic E-state index is 0.0780. The van der Waals surface area contributed by atoms with E-state index in [1.165, 1.54) is 6.20 Å². The second kappa shape index (κ2) is 6.74. The summed E-state index contributed by atoms with van der Waals surface area (Å²) in [6, 6.07) is 1.67. The number of aromatic amines is 1. The summed E-state index contributed by atoms with van der Waals surface area (Å²) < 4.78 is 27.1. The third-order valence-electron chi connectivity index (χ3n) is 2.79. The lowest BCUT2D eigenvalue weighted by molar-refractivity contribution is 0.573. The van der Waals surface area contributed by atoms with Crippen molar-refractivity contribution in [3.63, 3.8) is 0 Å². The molecule has 0 fully saturated rings. The highest BCUT2D eigenvalue weighted by atomic mass is 32.2. The van der Waals surface area contributed by atoms with Crippen LogP contribution in [0.5, 0.6) is 0 Å². The molecule has 2 rings (SSSR count). The van der Waals surface area contributed by atoms with Crippen molar-refractivity contribution in [1.82, 2.24) is 30.2 Å². The van der Waals surface area contributed by atoms with E-state index in [2.05, 4.69) is 30.2 Å². The first kappa shape index (κ1) is 15.5. The Kier molecular flexibility index (Phi) is 4.99. The number of H-pyrrole nitrogens is 1. The van der Waals surface area contributed by atoms with Crippen LogP contribution in [0.15, 0.2) is 23.5 Å². The number of rotatable bonds is 7. The number of nitrogens with zero attached hydrogens (tertiary/aromatic N) is 3. The van der Waals surface area contributed by atoms with Crippen molar-refractivity contribution in [1.29, 1.82) is 0 Å². The fraction of sp³-hybridized carbons (Fsp3) is 0.417. The molecule has 9 heteroatoms. The van der Waals surface area contributed by atoms with E-state index >= 15 is 0 Å². The third kappa shape index (κ3) is 4.06. The average molecular weight is 310 g/mol. The third-order valence-corrected chi connectivity index (χ3v) is 4.20. The molecule has 2 heterocycles. The zero-order valence-electron chi connectivity index (χ0n) is 11.9. The summed E-state index contributed by atoms with van der Waals surface area (Å²) in [5.74, 6) is 0.598. The molecule has 0 atom stereocenters. The van der Waals surface area contributed by atoms with Gasteiger partial charge in [-0.15, -0.1) is 0 Å². The molecule has 0 aliphatic heterocycles. The van der Waals surface area contributed by atoms with Gasteiger partial charge < -0.3 is 5.32 Å². The van der Waals surface area contributed by atoms with Gasteiger partial charge in [0, 0.05) is 18.3 Å². The Bertz CT molecular complexity index is 697. The van der Waals surface area contributed by atoms with E-state index in [9.17, 15) is 8.42 Å². The first-order valence-electron chi connectivity index (χ1n) is 6.54. The number of hydrogen-bond acceptors (Lipinski definition) is 6. The second-order valence-corrected chi connectivity index (χ2v) is 6.13. The lowest BCUT2D eigenvalue weighted by Gasteiger charge is -2.07. The normalized spacial score (nSPS) is 11.7. The largest absolute Gasteiger partial charge is 0.313 e. The van der Waals surface area contributed by atoms with E-state index in [-0.39, 0.29) is 11.6 Å². The van der Waals surface area contributed by atoms with Gasteiger partial charge >= 0.3 is 0 Å². The van der Waals surface area contributed by atoms with Crippen LogP contribution in [0.4, 0.5) is 0 Å². The molecule has 2 aromatic rings. The molecule has 0 bridgehead atoms. The Hall–Kier alpha value is -1.84. The maximum absolute atomic E-state index is 12.3. The van der Waals surface area contributed by atoms with Crippen molar-refractivity contribution < 1.29 is 8.42 Å². The van der Waals surface area contributed by atoms with E-state index < -0.39 is 10.0 Å². The number of nitrogens with one attached hydrogen (secondary N) is 3. The molecule has 114 valence electrons. The van der Waals surface area contributed by atoms with Gasteiger partial charge in [-0.2, -0.15) is 5.10 Å². The molecule has 0 saturated carbocycles. The monoisotopic (exact) mass is 310 g/mol. The van der Waals surface area contributed by atoms with Crippen LogP contribution in [-0.4, -0.2) is 35.1 Å². The van der Waals surface area contributed by atoms with Crippen molar-refractivity contribution in [2.75, 3.05) is 6.54 Å². The van der Waals surface area contributed by atoms with Crippen LogP contribution in [0.3, 0.4) is 0 Å². The number of aryl methyl sites for hydroxylation is 1. The Morgan fingerprint density at radius 3 is 2.86 bits per heavy atom. The summed E-state index contributed by atoms with van der Waals surface area (Å²) in [4.78, 5) is 8.12. The minimum atomic E-state index is -3.66. The Morgan fingerprint density at radius 1 is 1.33 bits per heavy atom. The molecular weight excluding hydrogens is 292 g/mol. The highest BCUT2D eigenvalue weighted by molar-refractivity contribution is 7.89. The Morgan fingerprint density at radius 2 is 2.14 bits per heavy atom. The van der Waals surface area contributed by atoms with Gasteiger partial charge in [-0.1, -0.05) is 6.92 Å². The summed E-state index contributed by atoms with van der Waals surface area (Å²) in [6.45, 7) is 4.99. The molecule has 0 aliphatic carbocycles. The quantitative estimate of drug-likeness (QED) is 0.668. The van der Waals surface area contributed by atoms with E-state index in [1.807, 2.05) is 6.92 Å². The molecule has 3 N–H and O–H groups in total. The summed E-state index contributed by atoms with van der Waals surface area (Å²) in [6.07, 6.45) is 3.10. The highest BCUT2D eigenvalue weighted by Crippen LogP contribution is 2.12. The number of aromatic nitrogens is 4. The SMILES string of the molecule is CCNCc1cn[nH]c1S(=O)(=O)NCc1ccnc(C)n1. The lowest BCUT2D eigenvalue weighted by Crippen LogP contribution is -2.26. The van der Waals surface area contributed by atoms with Crippen molar-refractivity contribution in [3.05, 3.63) is 35.5 Å². The van der Waals surface area contributed by atoms with Gasteiger partial charge in [0.2, 0.25) is 0 Å². The van der Waals surface area contributed by atoms with Crippen molar-refractivity contribution in [2.24, 2.45) is 0 Å². The standard InChI is InChI=1S/C12H18N6O2S/c1-3-13-6-10-7-15-18-12(10)21(19,20)16-8-11-4-5-14-9(2)17-11/h4-5,7,13,16H,3,6,8H2,1-2H3,(H,15,18). The van der Waals surface area contributed by atoms with Crippen LogP contribution in [0.2, 0.25) is 0 Å². The van der Waals surface area contributed by atoms with Crippen LogP contribution in [0.1, 0.15) is 24.0 Å². The molecule has 8 nitrogen and oxygen atoms in total. The first-order chi connectivity index (χ1) is 10.0. The molecule has 0 radical (unpaired) electrons. The molecule has 21 heavy (non-hydrogen) atoms. The molecular formula is C12H18N6O2S. The van der Waals surface area contributed by atoms with Gasteiger partial charge in [0.15, 0.2) is 5.03 Å². The van der Waals surface area contributed by atoms with Gasteiger partial charge in [0.05, 0.1) is 18.4 Å². The summed E-state index contributed by atoms with van der Waals surface area (Å²) in [7, 11) is -3.66.